The van der Waals surface area contributed by atoms with Crippen LogP contribution in [0.1, 0.15) is 30.4 Å². The average molecular weight is 293 g/mol. The Balaban J connectivity index is 2.09. The zero-order valence-electron chi connectivity index (χ0n) is 12.2. The summed E-state index contributed by atoms with van der Waals surface area (Å²) in [6, 6.07) is 16.3. The molecule has 0 saturated carbocycles. The van der Waals surface area contributed by atoms with E-state index in [0.29, 0.717) is 6.42 Å². The second kappa shape index (κ2) is 5.56. The van der Waals surface area contributed by atoms with Crippen molar-refractivity contribution >= 4 is 17.0 Å². The molecule has 0 radical (unpaired) electrons. The first-order chi connectivity index (χ1) is 10.6. The minimum absolute atomic E-state index is 0.0573. The molecule has 0 unspecified atom stereocenters. The van der Waals surface area contributed by atoms with Crippen LogP contribution < -0.4 is 0 Å². The molecule has 4 heteroatoms. The van der Waals surface area contributed by atoms with Gasteiger partial charge in [-0.15, -0.1) is 0 Å². The molecule has 3 rings (SSSR count). The summed E-state index contributed by atoms with van der Waals surface area (Å²) in [5, 5.41) is 11.0. The molecule has 4 nitrogen and oxygen atoms in total. The molecule has 0 saturated heterocycles. The zero-order chi connectivity index (χ0) is 15.7. The van der Waals surface area contributed by atoms with Gasteiger partial charge in [0.2, 0.25) is 0 Å². The molecular formula is C18H15NO3. The highest BCUT2D eigenvalue weighted by Gasteiger charge is 2.32. The molecule has 1 atom stereocenters. The molecule has 0 spiro atoms. The predicted octanol–water partition coefficient (Wildman–Crippen LogP) is 4.12. The summed E-state index contributed by atoms with van der Waals surface area (Å²) in [5.74, 6) is -0.00911. The van der Waals surface area contributed by atoms with E-state index in [1.807, 2.05) is 43.3 Å². The summed E-state index contributed by atoms with van der Waals surface area (Å²) >= 11 is 0. The fraction of sp³-hybridized carbons (Fsp3) is 0.167. The average Bonchev–Trinajstić information content (AvgIpc) is 2.84. The number of benzene rings is 2. The minimum Gasteiger partial charge on any atom is -0.295 e. The predicted molar refractivity (Wildman–Crippen MR) is 84.5 cm³/mol. The maximum atomic E-state index is 12.2. The molecule has 2 aromatic carbocycles. The van der Waals surface area contributed by atoms with Gasteiger partial charge in [-0.3, -0.25) is 14.9 Å². The highest BCUT2D eigenvalue weighted by molar-refractivity contribution is 6.08. The lowest BCUT2D eigenvalue weighted by Crippen LogP contribution is -2.00. The van der Waals surface area contributed by atoms with Crippen LogP contribution in [0.2, 0.25) is 0 Å². The topological polar surface area (TPSA) is 60.2 Å². The van der Waals surface area contributed by atoms with E-state index >= 15 is 0 Å². The van der Waals surface area contributed by atoms with Gasteiger partial charge in [0.15, 0.2) is 5.78 Å². The molecular weight excluding hydrogens is 278 g/mol. The third-order valence-corrected chi connectivity index (χ3v) is 4.13. The number of allylic oxidation sites excluding steroid dienone is 2. The highest BCUT2D eigenvalue weighted by atomic mass is 16.6. The smallest absolute Gasteiger partial charge is 0.269 e. The van der Waals surface area contributed by atoms with E-state index in [-0.39, 0.29) is 17.4 Å². The molecule has 1 aliphatic carbocycles. The van der Waals surface area contributed by atoms with Crippen molar-refractivity contribution in [1.82, 2.24) is 0 Å². The van der Waals surface area contributed by atoms with Crippen molar-refractivity contribution in [3.05, 3.63) is 81.4 Å². The van der Waals surface area contributed by atoms with Crippen molar-refractivity contribution < 1.29 is 9.72 Å². The lowest BCUT2D eigenvalue weighted by molar-refractivity contribution is -0.384. The van der Waals surface area contributed by atoms with E-state index in [0.717, 1.165) is 22.3 Å². The molecule has 0 N–H and O–H groups in total. The van der Waals surface area contributed by atoms with Crippen LogP contribution in [0, 0.1) is 10.1 Å². The number of nitro benzene ring substituents is 1. The highest BCUT2D eigenvalue weighted by Crippen LogP contribution is 2.43. The van der Waals surface area contributed by atoms with E-state index in [2.05, 4.69) is 0 Å². The van der Waals surface area contributed by atoms with Crippen LogP contribution in [-0.2, 0) is 4.79 Å². The largest absolute Gasteiger partial charge is 0.295 e. The number of carbonyl (C=O) groups is 1. The minimum atomic E-state index is -0.404. The number of carbonyl (C=O) groups excluding carboxylic acids is 1. The maximum Gasteiger partial charge on any atom is 0.269 e. The molecule has 0 fully saturated rings. The number of ketones is 1. The first-order valence-electron chi connectivity index (χ1n) is 7.11. The van der Waals surface area contributed by atoms with Crippen LogP contribution in [0.5, 0.6) is 0 Å². The molecule has 22 heavy (non-hydrogen) atoms. The summed E-state index contributed by atoms with van der Waals surface area (Å²) in [4.78, 5) is 22.7. The Hall–Kier alpha value is -2.75. The lowest BCUT2D eigenvalue weighted by atomic mass is 9.87. The fourth-order valence-corrected chi connectivity index (χ4v) is 3.03. The number of hydrogen-bond donors (Lipinski definition) is 0. The van der Waals surface area contributed by atoms with Gasteiger partial charge in [-0.1, -0.05) is 42.5 Å². The third kappa shape index (κ3) is 2.44. The quantitative estimate of drug-likeness (QED) is 0.631. The number of Topliss-reactive ketones (excluding diaryl/α,β-unsaturated/α-hetero) is 1. The normalized spacial score (nSPS) is 17.9. The molecule has 0 amide bonds. The van der Waals surface area contributed by atoms with Gasteiger partial charge in [0, 0.05) is 24.5 Å². The van der Waals surface area contributed by atoms with Crippen molar-refractivity contribution in [3.8, 4) is 0 Å². The van der Waals surface area contributed by atoms with E-state index in [4.69, 9.17) is 0 Å². The molecule has 0 bridgehead atoms. The van der Waals surface area contributed by atoms with Crippen LogP contribution in [0.25, 0.3) is 5.57 Å². The molecule has 0 heterocycles. The van der Waals surface area contributed by atoms with Gasteiger partial charge in [0.25, 0.3) is 5.69 Å². The first-order valence-corrected chi connectivity index (χ1v) is 7.11. The summed E-state index contributed by atoms with van der Waals surface area (Å²) in [6.45, 7) is 1.84. The number of nitro groups is 1. The summed E-state index contributed by atoms with van der Waals surface area (Å²) < 4.78 is 0. The second-order valence-electron chi connectivity index (χ2n) is 5.44. The molecule has 2 aromatic rings. The number of rotatable bonds is 3. The number of non-ortho nitro benzene ring substituents is 1. The molecule has 110 valence electrons. The van der Waals surface area contributed by atoms with E-state index in [1.165, 1.54) is 6.07 Å². The monoisotopic (exact) mass is 293 g/mol. The fourth-order valence-electron chi connectivity index (χ4n) is 3.03. The van der Waals surface area contributed by atoms with Crippen LogP contribution in [0.4, 0.5) is 5.69 Å². The third-order valence-electron chi connectivity index (χ3n) is 4.13. The molecule has 1 aliphatic rings. The Morgan fingerprint density at radius 1 is 1.09 bits per heavy atom. The van der Waals surface area contributed by atoms with Gasteiger partial charge < -0.3 is 0 Å². The van der Waals surface area contributed by atoms with Crippen LogP contribution in [0.15, 0.2) is 60.2 Å². The summed E-state index contributed by atoms with van der Waals surface area (Å²) in [5.41, 5.74) is 3.61. The van der Waals surface area contributed by atoms with Gasteiger partial charge in [0.1, 0.15) is 0 Å². The van der Waals surface area contributed by atoms with Gasteiger partial charge in [-0.25, -0.2) is 0 Å². The van der Waals surface area contributed by atoms with Crippen LogP contribution in [-0.4, -0.2) is 10.7 Å². The van der Waals surface area contributed by atoms with Crippen LogP contribution >= 0.6 is 0 Å². The lowest BCUT2D eigenvalue weighted by Gasteiger charge is -2.15. The Labute approximate surface area is 128 Å². The molecule has 0 aliphatic heterocycles. The van der Waals surface area contributed by atoms with Crippen molar-refractivity contribution in [3.63, 3.8) is 0 Å². The van der Waals surface area contributed by atoms with Crippen molar-refractivity contribution in [2.45, 2.75) is 19.3 Å². The summed E-state index contributed by atoms with van der Waals surface area (Å²) in [7, 11) is 0. The van der Waals surface area contributed by atoms with Gasteiger partial charge in [-0.05, 0) is 29.2 Å². The number of nitrogens with zero attached hydrogens (tertiary/aromatic N) is 1. The Bertz CT molecular complexity index is 778. The zero-order valence-corrected chi connectivity index (χ0v) is 12.2. The number of hydrogen-bond acceptors (Lipinski definition) is 3. The Morgan fingerprint density at radius 3 is 2.50 bits per heavy atom. The summed E-state index contributed by atoms with van der Waals surface area (Å²) in [6.07, 6.45) is 0.372. The van der Waals surface area contributed by atoms with Gasteiger partial charge in [0.05, 0.1) is 4.92 Å². The van der Waals surface area contributed by atoms with E-state index in [9.17, 15) is 14.9 Å². The standard InChI is InChI=1S/C18H15NO3/c1-12-17(20)11-16(18(12)13-6-3-2-4-7-13)14-8-5-9-15(10-14)19(21)22/h2-10,16H,11H2,1H3/t16-/m1/s1. The Kier molecular flexibility index (Phi) is 3.59. The molecule has 0 aromatic heterocycles. The van der Waals surface area contributed by atoms with Crippen molar-refractivity contribution in [2.75, 3.05) is 0 Å². The van der Waals surface area contributed by atoms with E-state index in [1.54, 1.807) is 12.1 Å². The van der Waals surface area contributed by atoms with Crippen molar-refractivity contribution in [2.24, 2.45) is 0 Å². The second-order valence-corrected chi connectivity index (χ2v) is 5.44. The van der Waals surface area contributed by atoms with Gasteiger partial charge >= 0.3 is 0 Å². The SMILES string of the molecule is CC1=C(c2ccccc2)[C@@H](c2cccc([N+](=O)[O-])c2)CC1=O. The maximum absolute atomic E-state index is 12.2. The van der Waals surface area contributed by atoms with E-state index < -0.39 is 4.92 Å². The van der Waals surface area contributed by atoms with Crippen molar-refractivity contribution in [1.29, 1.82) is 0 Å². The van der Waals surface area contributed by atoms with Crippen LogP contribution in [0.3, 0.4) is 0 Å². The first kappa shape index (κ1) is 14.2. The Morgan fingerprint density at radius 2 is 1.82 bits per heavy atom. The van der Waals surface area contributed by atoms with Gasteiger partial charge in [-0.2, -0.15) is 0 Å².